The molecule has 0 spiro atoms. The molecule has 1 saturated carbocycles. The number of thioether (sulfide) groups is 1. The summed E-state index contributed by atoms with van der Waals surface area (Å²) in [6.07, 6.45) is 8.62. The molecule has 19 heavy (non-hydrogen) atoms. The van der Waals surface area contributed by atoms with Gasteiger partial charge in [-0.15, -0.1) is 0 Å². The minimum absolute atomic E-state index is 0.0415. The molecule has 0 radical (unpaired) electrons. The van der Waals surface area contributed by atoms with Crippen LogP contribution in [0.15, 0.2) is 4.52 Å². The molecule has 2 aliphatic rings. The monoisotopic (exact) mass is 282 g/mol. The van der Waals surface area contributed by atoms with Gasteiger partial charge in [-0.25, -0.2) is 0 Å². The van der Waals surface area contributed by atoms with Gasteiger partial charge in [0.05, 0.1) is 12.0 Å². The average molecular weight is 282 g/mol. The van der Waals surface area contributed by atoms with Crippen LogP contribution in [0.5, 0.6) is 0 Å². The zero-order valence-electron chi connectivity index (χ0n) is 11.3. The molecule has 0 amide bonds. The third-order valence-corrected chi connectivity index (χ3v) is 5.47. The zero-order valence-corrected chi connectivity index (χ0v) is 12.1. The molecule has 2 fully saturated rings. The molecule has 4 nitrogen and oxygen atoms in total. The highest BCUT2D eigenvalue weighted by atomic mass is 32.2. The predicted molar refractivity (Wildman–Crippen MR) is 75.4 cm³/mol. The second-order valence-electron chi connectivity index (χ2n) is 5.74. The van der Waals surface area contributed by atoms with Crippen LogP contribution in [-0.4, -0.2) is 32.9 Å². The summed E-state index contributed by atoms with van der Waals surface area (Å²) in [5, 5.41) is 14.1. The maximum absolute atomic E-state index is 9.90. The van der Waals surface area contributed by atoms with Gasteiger partial charge < -0.3 is 9.63 Å². The molecule has 1 aromatic heterocycles. The molecule has 2 heterocycles. The van der Waals surface area contributed by atoms with E-state index < -0.39 is 0 Å². The van der Waals surface area contributed by atoms with E-state index in [0.29, 0.717) is 11.8 Å². The first kappa shape index (κ1) is 13.4. The Labute approximate surface area is 118 Å². The molecule has 0 aromatic carbocycles. The van der Waals surface area contributed by atoms with E-state index >= 15 is 0 Å². The molecule has 2 unspecified atom stereocenters. The van der Waals surface area contributed by atoms with E-state index in [1.165, 1.54) is 44.9 Å². The predicted octanol–water partition coefficient (Wildman–Crippen LogP) is 3.09. The van der Waals surface area contributed by atoms with Gasteiger partial charge in [-0.05, 0) is 12.8 Å². The molecule has 1 aliphatic heterocycles. The van der Waals surface area contributed by atoms with Crippen molar-refractivity contribution in [3.8, 4) is 0 Å². The van der Waals surface area contributed by atoms with Crippen LogP contribution in [0, 0.1) is 0 Å². The molecular weight excluding hydrogens is 260 g/mol. The van der Waals surface area contributed by atoms with Gasteiger partial charge in [-0.3, -0.25) is 0 Å². The molecule has 0 bridgehead atoms. The van der Waals surface area contributed by atoms with E-state index in [0.717, 1.165) is 17.3 Å². The Hall–Kier alpha value is -0.550. The van der Waals surface area contributed by atoms with Crippen LogP contribution in [0.1, 0.15) is 68.5 Å². The van der Waals surface area contributed by atoms with Crippen LogP contribution < -0.4 is 0 Å². The van der Waals surface area contributed by atoms with Crippen LogP contribution in [-0.2, 0) is 0 Å². The van der Waals surface area contributed by atoms with Crippen molar-refractivity contribution in [3.63, 3.8) is 0 Å². The van der Waals surface area contributed by atoms with Crippen molar-refractivity contribution in [2.75, 3.05) is 11.5 Å². The number of aliphatic hydroxyl groups is 1. The third-order valence-electron chi connectivity index (χ3n) is 4.30. The number of hydrogen-bond donors (Lipinski definition) is 1. The first-order valence-corrected chi connectivity index (χ1v) is 8.59. The van der Waals surface area contributed by atoms with Gasteiger partial charge in [0.25, 0.3) is 0 Å². The van der Waals surface area contributed by atoms with Gasteiger partial charge in [0.15, 0.2) is 5.82 Å². The highest BCUT2D eigenvalue weighted by Gasteiger charge is 2.32. The van der Waals surface area contributed by atoms with E-state index in [9.17, 15) is 5.11 Å². The topological polar surface area (TPSA) is 59.2 Å². The van der Waals surface area contributed by atoms with Crippen molar-refractivity contribution >= 4 is 11.8 Å². The van der Waals surface area contributed by atoms with Gasteiger partial charge in [-0.2, -0.15) is 16.7 Å². The summed E-state index contributed by atoms with van der Waals surface area (Å²) >= 11 is 1.76. The summed E-state index contributed by atoms with van der Waals surface area (Å²) in [6, 6.07) is 0. The Balaban J connectivity index is 1.69. The van der Waals surface area contributed by atoms with E-state index in [2.05, 4.69) is 10.1 Å². The Kier molecular flexibility index (Phi) is 4.43. The minimum Gasteiger partial charge on any atom is -0.391 e. The maximum Gasteiger partial charge on any atom is 0.233 e. The fourth-order valence-corrected chi connectivity index (χ4v) is 4.29. The molecule has 1 N–H and O–H groups in total. The number of rotatable bonds is 2. The van der Waals surface area contributed by atoms with Crippen LogP contribution >= 0.6 is 11.8 Å². The first-order chi connectivity index (χ1) is 9.34. The maximum atomic E-state index is 9.90. The lowest BCUT2D eigenvalue weighted by molar-refractivity contribution is 0.164. The Bertz CT molecular complexity index is 402. The van der Waals surface area contributed by atoms with Crippen molar-refractivity contribution in [1.82, 2.24) is 10.1 Å². The molecule has 106 valence electrons. The Morgan fingerprint density at radius 3 is 2.47 bits per heavy atom. The molecular formula is C14H22N2O2S. The highest BCUT2D eigenvalue weighted by molar-refractivity contribution is 7.99. The molecule has 3 rings (SSSR count). The minimum atomic E-state index is -0.323. The fourth-order valence-electron chi connectivity index (χ4n) is 3.06. The molecule has 2 atom stereocenters. The van der Waals surface area contributed by atoms with Gasteiger partial charge in [-0.1, -0.05) is 37.3 Å². The van der Waals surface area contributed by atoms with E-state index in [4.69, 9.17) is 4.52 Å². The average Bonchev–Trinajstić information content (AvgIpc) is 2.97. The van der Waals surface area contributed by atoms with Crippen LogP contribution in [0.3, 0.4) is 0 Å². The second-order valence-corrected chi connectivity index (χ2v) is 6.82. The lowest BCUT2D eigenvalue weighted by Crippen LogP contribution is -2.16. The van der Waals surface area contributed by atoms with Gasteiger partial charge >= 0.3 is 0 Å². The number of aliphatic hydroxyl groups excluding tert-OH is 1. The van der Waals surface area contributed by atoms with Crippen LogP contribution in [0.2, 0.25) is 0 Å². The highest BCUT2D eigenvalue weighted by Crippen LogP contribution is 2.34. The smallest absolute Gasteiger partial charge is 0.233 e. The number of hydrogen-bond acceptors (Lipinski definition) is 5. The van der Waals surface area contributed by atoms with E-state index in [1.54, 1.807) is 11.8 Å². The first-order valence-electron chi connectivity index (χ1n) is 7.44. The summed E-state index contributed by atoms with van der Waals surface area (Å²) in [4.78, 5) is 4.59. The summed E-state index contributed by atoms with van der Waals surface area (Å²) < 4.78 is 5.41. The van der Waals surface area contributed by atoms with E-state index in [-0.39, 0.29) is 12.0 Å². The largest absolute Gasteiger partial charge is 0.391 e. The summed E-state index contributed by atoms with van der Waals surface area (Å²) in [7, 11) is 0. The Morgan fingerprint density at radius 1 is 1.05 bits per heavy atom. The van der Waals surface area contributed by atoms with Crippen molar-refractivity contribution in [3.05, 3.63) is 11.7 Å². The summed E-state index contributed by atoms with van der Waals surface area (Å²) in [5.74, 6) is 3.71. The number of aromatic nitrogens is 2. The third kappa shape index (κ3) is 3.14. The van der Waals surface area contributed by atoms with Gasteiger partial charge in [0, 0.05) is 17.4 Å². The molecule has 1 aromatic rings. The second kappa shape index (κ2) is 6.27. The summed E-state index contributed by atoms with van der Waals surface area (Å²) in [5.41, 5.74) is 0. The summed E-state index contributed by atoms with van der Waals surface area (Å²) in [6.45, 7) is 0. The van der Waals surface area contributed by atoms with E-state index in [1.807, 2.05) is 0 Å². The molecule has 1 aliphatic carbocycles. The standard InChI is InChI=1S/C14H22N2O2S/c17-12-9-19-8-11(12)14-15-13(16-18-14)10-6-4-2-1-3-5-7-10/h10-12,17H,1-9H2. The SMILES string of the molecule is OC1CSCC1c1nc(C2CCCCCCC2)no1. The van der Waals surface area contributed by atoms with Gasteiger partial charge in [0.1, 0.15) is 0 Å². The zero-order chi connectivity index (χ0) is 13.1. The Morgan fingerprint density at radius 2 is 1.79 bits per heavy atom. The quantitative estimate of drug-likeness (QED) is 0.903. The normalized spacial score (nSPS) is 30.2. The number of nitrogens with zero attached hydrogens (tertiary/aromatic N) is 2. The van der Waals surface area contributed by atoms with Crippen LogP contribution in [0.25, 0.3) is 0 Å². The lowest BCUT2D eigenvalue weighted by atomic mass is 9.91. The van der Waals surface area contributed by atoms with Crippen molar-refractivity contribution in [2.45, 2.75) is 62.9 Å². The van der Waals surface area contributed by atoms with Crippen molar-refractivity contribution in [1.29, 1.82) is 0 Å². The fraction of sp³-hybridized carbons (Fsp3) is 0.857. The molecule has 1 saturated heterocycles. The van der Waals surface area contributed by atoms with Gasteiger partial charge in [0.2, 0.25) is 5.89 Å². The lowest BCUT2D eigenvalue weighted by Gasteiger charge is -2.15. The molecule has 5 heteroatoms. The van der Waals surface area contributed by atoms with Crippen molar-refractivity contribution in [2.24, 2.45) is 0 Å². The van der Waals surface area contributed by atoms with Crippen molar-refractivity contribution < 1.29 is 9.63 Å². The van der Waals surface area contributed by atoms with Crippen LogP contribution in [0.4, 0.5) is 0 Å².